The number of methoxy groups -OCH3 is 1. The predicted octanol–water partition coefficient (Wildman–Crippen LogP) is 1.84. The van der Waals surface area contributed by atoms with Crippen LogP contribution in [0.5, 0.6) is 5.75 Å². The Kier molecular flexibility index (Phi) is 7.61. The van der Waals surface area contributed by atoms with Gasteiger partial charge in [-0.15, -0.1) is 0 Å². The summed E-state index contributed by atoms with van der Waals surface area (Å²) < 4.78 is 18.2. The fraction of sp³-hybridized carbons (Fsp3) is 0.300. The first kappa shape index (κ1) is 20.2. The third-order valence-corrected chi connectivity index (χ3v) is 4.16. The summed E-state index contributed by atoms with van der Waals surface area (Å²) in [6.45, 7) is 0.901. The fourth-order valence-electron chi connectivity index (χ4n) is 2.55. The van der Waals surface area contributed by atoms with Crippen molar-refractivity contribution in [2.24, 2.45) is 16.6 Å². The molecule has 144 valence electrons. The lowest BCUT2D eigenvalue weighted by Crippen LogP contribution is -2.42. The zero-order chi connectivity index (χ0) is 19.6. The number of nitrogens with two attached hydrogens (primary N) is 1. The zero-order valence-corrected chi connectivity index (χ0v) is 15.5. The lowest BCUT2D eigenvalue weighted by molar-refractivity contribution is -0.121. The van der Waals surface area contributed by atoms with Crippen LogP contribution < -0.4 is 21.1 Å². The molecule has 0 aliphatic rings. The van der Waals surface area contributed by atoms with Crippen molar-refractivity contribution in [2.45, 2.75) is 13.0 Å². The molecule has 0 aliphatic carbocycles. The van der Waals surface area contributed by atoms with Gasteiger partial charge in [-0.3, -0.25) is 9.79 Å². The van der Waals surface area contributed by atoms with Crippen LogP contribution >= 0.6 is 0 Å². The number of guanidine groups is 1. The highest BCUT2D eigenvalue weighted by Crippen LogP contribution is 2.11. The summed E-state index contributed by atoms with van der Waals surface area (Å²) in [5, 5.41) is 6.30. The number of nitrogens with one attached hydrogen (secondary N) is 2. The van der Waals surface area contributed by atoms with Crippen LogP contribution in [0.2, 0.25) is 0 Å². The van der Waals surface area contributed by atoms with Gasteiger partial charge in [-0.1, -0.05) is 24.3 Å². The molecule has 1 amide bonds. The van der Waals surface area contributed by atoms with Crippen molar-refractivity contribution in [3.05, 3.63) is 65.5 Å². The standard InChI is InChI=1S/C20H25FN4O2/c1-23-20(24-12-15-5-9-18(27-2)10-6-15)25-13-16(19(22)26)11-14-3-7-17(21)8-4-14/h3-10,16H,11-13H2,1-2H3,(H2,22,26)(H2,23,24,25). The summed E-state index contributed by atoms with van der Waals surface area (Å²) in [6, 6.07) is 13.7. The van der Waals surface area contributed by atoms with Gasteiger partial charge in [0.2, 0.25) is 5.91 Å². The molecule has 2 aromatic rings. The second-order valence-electron chi connectivity index (χ2n) is 6.08. The molecular formula is C20H25FN4O2. The maximum Gasteiger partial charge on any atom is 0.222 e. The van der Waals surface area contributed by atoms with Crippen LogP contribution in [-0.4, -0.2) is 32.6 Å². The first-order chi connectivity index (χ1) is 13.0. The fourth-order valence-corrected chi connectivity index (χ4v) is 2.55. The molecule has 0 fully saturated rings. The molecule has 0 aromatic heterocycles. The van der Waals surface area contributed by atoms with E-state index in [2.05, 4.69) is 15.6 Å². The van der Waals surface area contributed by atoms with Crippen molar-refractivity contribution in [1.82, 2.24) is 10.6 Å². The summed E-state index contributed by atoms with van der Waals surface area (Å²) in [7, 11) is 3.28. The summed E-state index contributed by atoms with van der Waals surface area (Å²) in [5.74, 6) is 0.200. The number of amides is 1. The van der Waals surface area contributed by atoms with Crippen LogP contribution in [0.25, 0.3) is 0 Å². The summed E-state index contributed by atoms with van der Waals surface area (Å²) >= 11 is 0. The van der Waals surface area contributed by atoms with Gasteiger partial charge in [0.15, 0.2) is 5.96 Å². The Morgan fingerprint density at radius 3 is 2.30 bits per heavy atom. The lowest BCUT2D eigenvalue weighted by atomic mass is 9.98. The molecule has 0 aliphatic heterocycles. The number of aliphatic imine (C=N–C) groups is 1. The van der Waals surface area contributed by atoms with Crippen LogP contribution in [0.15, 0.2) is 53.5 Å². The van der Waals surface area contributed by atoms with Crippen molar-refractivity contribution in [3.63, 3.8) is 0 Å². The van der Waals surface area contributed by atoms with Gasteiger partial charge >= 0.3 is 0 Å². The number of hydrogen-bond acceptors (Lipinski definition) is 3. The predicted molar refractivity (Wildman–Crippen MR) is 104 cm³/mol. The third-order valence-electron chi connectivity index (χ3n) is 4.16. The molecule has 2 aromatic carbocycles. The van der Waals surface area contributed by atoms with Crippen LogP contribution in [0.1, 0.15) is 11.1 Å². The van der Waals surface area contributed by atoms with E-state index in [-0.39, 0.29) is 5.82 Å². The molecule has 27 heavy (non-hydrogen) atoms. The summed E-state index contributed by atoms with van der Waals surface area (Å²) in [5.41, 5.74) is 7.43. The molecule has 0 bridgehead atoms. The van der Waals surface area contributed by atoms with Crippen molar-refractivity contribution in [1.29, 1.82) is 0 Å². The number of rotatable bonds is 8. The number of ether oxygens (including phenoxy) is 1. The number of primary amides is 1. The Labute approximate surface area is 158 Å². The largest absolute Gasteiger partial charge is 0.497 e. The highest BCUT2D eigenvalue weighted by atomic mass is 19.1. The van der Waals surface area contributed by atoms with Crippen molar-refractivity contribution < 1.29 is 13.9 Å². The second-order valence-corrected chi connectivity index (χ2v) is 6.08. The van der Waals surface area contributed by atoms with Gasteiger partial charge in [0.1, 0.15) is 11.6 Å². The minimum atomic E-state index is -0.435. The van der Waals surface area contributed by atoms with E-state index in [1.165, 1.54) is 12.1 Å². The van der Waals surface area contributed by atoms with Gasteiger partial charge in [0.25, 0.3) is 0 Å². The van der Waals surface area contributed by atoms with Gasteiger partial charge < -0.3 is 21.1 Å². The van der Waals surface area contributed by atoms with Crippen molar-refractivity contribution in [3.8, 4) is 5.75 Å². The summed E-state index contributed by atoms with van der Waals surface area (Å²) in [4.78, 5) is 15.9. The van der Waals surface area contributed by atoms with Crippen LogP contribution in [0, 0.1) is 11.7 Å². The van der Waals surface area contributed by atoms with Gasteiger partial charge in [-0.25, -0.2) is 4.39 Å². The third kappa shape index (κ3) is 6.62. The first-order valence-electron chi connectivity index (χ1n) is 8.63. The van der Waals surface area contributed by atoms with E-state index in [4.69, 9.17) is 10.5 Å². The van der Waals surface area contributed by atoms with Crippen LogP contribution in [0.4, 0.5) is 4.39 Å². The second kappa shape index (κ2) is 10.2. The van der Waals surface area contributed by atoms with Gasteiger partial charge in [-0.05, 0) is 41.8 Å². The van der Waals surface area contributed by atoms with Crippen LogP contribution in [-0.2, 0) is 17.8 Å². The van der Waals surface area contributed by atoms with Crippen LogP contribution in [0.3, 0.4) is 0 Å². The summed E-state index contributed by atoms with van der Waals surface area (Å²) in [6.07, 6.45) is 0.429. The molecule has 1 unspecified atom stereocenters. The van der Waals surface area contributed by atoms with Gasteiger partial charge in [-0.2, -0.15) is 0 Å². The number of halogens is 1. The Morgan fingerprint density at radius 2 is 1.74 bits per heavy atom. The SMILES string of the molecule is CN=C(NCc1ccc(OC)cc1)NCC(Cc1ccc(F)cc1)C(N)=O. The molecule has 0 heterocycles. The van der Waals surface area contributed by atoms with Crippen molar-refractivity contribution >= 4 is 11.9 Å². The number of carbonyl (C=O) groups excluding carboxylic acids is 1. The Hall–Kier alpha value is -3.09. The zero-order valence-electron chi connectivity index (χ0n) is 15.5. The van der Waals surface area contributed by atoms with E-state index in [1.54, 1.807) is 26.3 Å². The first-order valence-corrected chi connectivity index (χ1v) is 8.63. The number of carbonyl (C=O) groups is 1. The van der Waals surface area contributed by atoms with E-state index in [0.29, 0.717) is 25.5 Å². The average Bonchev–Trinajstić information content (AvgIpc) is 2.68. The van der Waals surface area contributed by atoms with E-state index >= 15 is 0 Å². The van der Waals surface area contributed by atoms with E-state index < -0.39 is 11.8 Å². The molecule has 7 heteroatoms. The number of benzene rings is 2. The minimum absolute atomic E-state index is 0.310. The molecule has 0 spiro atoms. The maximum absolute atomic E-state index is 13.0. The average molecular weight is 372 g/mol. The van der Waals surface area contributed by atoms with Crippen molar-refractivity contribution in [2.75, 3.05) is 20.7 Å². The maximum atomic E-state index is 13.0. The molecular weight excluding hydrogens is 347 g/mol. The van der Waals surface area contributed by atoms with E-state index in [0.717, 1.165) is 16.9 Å². The molecule has 4 N–H and O–H groups in total. The van der Waals surface area contributed by atoms with Gasteiger partial charge in [0.05, 0.1) is 13.0 Å². The highest BCUT2D eigenvalue weighted by molar-refractivity contribution is 5.81. The lowest BCUT2D eigenvalue weighted by Gasteiger charge is -2.17. The number of nitrogens with zero attached hydrogens (tertiary/aromatic N) is 1. The van der Waals surface area contributed by atoms with E-state index in [1.807, 2.05) is 24.3 Å². The smallest absolute Gasteiger partial charge is 0.222 e. The molecule has 0 radical (unpaired) electrons. The Morgan fingerprint density at radius 1 is 1.11 bits per heavy atom. The molecule has 2 rings (SSSR count). The molecule has 1 atom stereocenters. The molecule has 6 nitrogen and oxygen atoms in total. The number of hydrogen-bond donors (Lipinski definition) is 3. The van der Waals surface area contributed by atoms with E-state index in [9.17, 15) is 9.18 Å². The minimum Gasteiger partial charge on any atom is -0.497 e. The quantitative estimate of drug-likeness (QED) is 0.487. The Balaban J connectivity index is 1.87. The van der Waals surface area contributed by atoms with Gasteiger partial charge in [0, 0.05) is 20.1 Å². The Bertz CT molecular complexity index is 761. The monoisotopic (exact) mass is 372 g/mol. The highest BCUT2D eigenvalue weighted by Gasteiger charge is 2.16. The topological polar surface area (TPSA) is 88.7 Å². The molecule has 0 saturated carbocycles. The normalized spacial score (nSPS) is 12.3. The molecule has 0 saturated heterocycles.